The van der Waals surface area contributed by atoms with E-state index in [1.807, 2.05) is 4.57 Å². The third kappa shape index (κ3) is 4.87. The van der Waals surface area contributed by atoms with E-state index in [2.05, 4.69) is 20.6 Å². The number of ether oxygens (including phenoxy) is 1. The number of amides is 1. The van der Waals surface area contributed by atoms with Crippen LogP contribution in [0.2, 0.25) is 5.02 Å². The number of hydrogen-bond acceptors (Lipinski definition) is 7. The van der Waals surface area contributed by atoms with Gasteiger partial charge in [0.05, 0.1) is 16.9 Å². The zero-order valence-corrected chi connectivity index (χ0v) is 19.7. The SMILES string of the molecule is NC(=O)[C@H]1CC[C@@H](n2c(Nc3c(Cl)ccc(F)c3F)nc3cnc(NC4CCOCC4)nc32)CC1. The molecular formula is C23H26ClF2N7O2. The van der Waals surface area contributed by atoms with Crippen LogP contribution < -0.4 is 16.4 Å². The molecule has 0 radical (unpaired) electrons. The molecule has 3 aromatic rings. The van der Waals surface area contributed by atoms with E-state index in [1.54, 1.807) is 6.20 Å². The molecule has 0 atom stereocenters. The van der Waals surface area contributed by atoms with E-state index >= 15 is 0 Å². The molecule has 9 nitrogen and oxygen atoms in total. The van der Waals surface area contributed by atoms with Crippen LogP contribution in [0.3, 0.4) is 0 Å². The molecular weight excluding hydrogens is 480 g/mol. The second-order valence-electron chi connectivity index (χ2n) is 8.99. The highest BCUT2D eigenvalue weighted by Crippen LogP contribution is 2.38. The number of carbonyl (C=O) groups excluding carboxylic acids is 1. The maximum atomic E-state index is 14.6. The maximum Gasteiger partial charge on any atom is 0.224 e. The largest absolute Gasteiger partial charge is 0.381 e. The second-order valence-corrected chi connectivity index (χ2v) is 9.40. The van der Waals surface area contributed by atoms with Gasteiger partial charge in [-0.1, -0.05) is 11.6 Å². The van der Waals surface area contributed by atoms with Gasteiger partial charge in [-0.2, -0.15) is 4.98 Å². The summed E-state index contributed by atoms with van der Waals surface area (Å²) in [6.45, 7) is 1.35. The zero-order valence-electron chi connectivity index (χ0n) is 18.9. The molecule has 1 saturated heterocycles. The van der Waals surface area contributed by atoms with E-state index in [4.69, 9.17) is 27.1 Å². The number of imidazole rings is 1. The maximum absolute atomic E-state index is 14.6. The van der Waals surface area contributed by atoms with E-state index in [1.165, 1.54) is 6.07 Å². The van der Waals surface area contributed by atoms with Gasteiger partial charge in [0.25, 0.3) is 0 Å². The van der Waals surface area contributed by atoms with Crippen molar-refractivity contribution in [1.82, 2.24) is 19.5 Å². The number of fused-ring (bicyclic) bond motifs is 1. The van der Waals surface area contributed by atoms with Crippen molar-refractivity contribution in [3.05, 3.63) is 35.0 Å². The number of primary amides is 1. The molecule has 0 unspecified atom stereocenters. The highest BCUT2D eigenvalue weighted by atomic mass is 35.5. The topological polar surface area (TPSA) is 120 Å². The summed E-state index contributed by atoms with van der Waals surface area (Å²) >= 11 is 6.17. The Hall–Kier alpha value is -3.05. The summed E-state index contributed by atoms with van der Waals surface area (Å²) < 4.78 is 35.8. The van der Waals surface area contributed by atoms with Crippen molar-refractivity contribution in [2.24, 2.45) is 11.7 Å². The summed E-state index contributed by atoms with van der Waals surface area (Å²) in [5, 5.41) is 6.26. The first-order chi connectivity index (χ1) is 16.9. The monoisotopic (exact) mass is 505 g/mol. The Bertz CT molecular complexity index is 1240. The zero-order chi connectivity index (χ0) is 24.5. The number of benzene rings is 1. The van der Waals surface area contributed by atoms with Crippen LogP contribution in [0.5, 0.6) is 0 Å². The molecule has 1 amide bonds. The molecule has 2 aromatic heterocycles. The number of nitrogens with zero attached hydrogens (tertiary/aromatic N) is 4. The fourth-order valence-electron chi connectivity index (χ4n) is 4.79. The smallest absolute Gasteiger partial charge is 0.224 e. The molecule has 3 heterocycles. The predicted molar refractivity (Wildman–Crippen MR) is 128 cm³/mol. The first-order valence-electron chi connectivity index (χ1n) is 11.7. The number of rotatable bonds is 6. The van der Waals surface area contributed by atoms with Crippen LogP contribution in [0.1, 0.15) is 44.6 Å². The minimum Gasteiger partial charge on any atom is -0.381 e. The van der Waals surface area contributed by atoms with Gasteiger partial charge >= 0.3 is 0 Å². The van der Waals surface area contributed by atoms with Gasteiger partial charge in [0.1, 0.15) is 5.52 Å². The Balaban J connectivity index is 1.53. The molecule has 0 spiro atoms. The number of carbonyl (C=O) groups is 1. The number of halogens is 3. The number of hydrogen-bond donors (Lipinski definition) is 3. The fraction of sp³-hybridized carbons (Fsp3) is 0.478. The summed E-state index contributed by atoms with van der Waals surface area (Å²) in [6, 6.07) is 2.36. The number of anilines is 3. The molecule has 1 aliphatic heterocycles. The molecule has 5 rings (SSSR count). The van der Waals surface area contributed by atoms with Crippen LogP contribution in [0.4, 0.5) is 26.4 Å². The van der Waals surface area contributed by atoms with Crippen molar-refractivity contribution in [1.29, 1.82) is 0 Å². The van der Waals surface area contributed by atoms with Crippen LogP contribution in [-0.4, -0.2) is 44.7 Å². The van der Waals surface area contributed by atoms with E-state index < -0.39 is 11.6 Å². The van der Waals surface area contributed by atoms with Crippen molar-refractivity contribution in [2.75, 3.05) is 23.8 Å². The molecule has 1 aliphatic carbocycles. The van der Waals surface area contributed by atoms with Gasteiger partial charge in [-0.15, -0.1) is 0 Å². The molecule has 0 bridgehead atoms. The van der Waals surface area contributed by atoms with E-state index in [9.17, 15) is 13.6 Å². The predicted octanol–water partition coefficient (Wildman–Crippen LogP) is 4.31. The average molecular weight is 506 g/mol. The summed E-state index contributed by atoms with van der Waals surface area (Å²) in [4.78, 5) is 25.4. The van der Waals surface area contributed by atoms with Crippen LogP contribution in [-0.2, 0) is 9.53 Å². The Morgan fingerprint density at radius 2 is 1.86 bits per heavy atom. The molecule has 2 aliphatic rings. The van der Waals surface area contributed by atoms with Crippen LogP contribution >= 0.6 is 11.6 Å². The lowest BCUT2D eigenvalue weighted by atomic mass is 9.85. The van der Waals surface area contributed by atoms with E-state index in [-0.39, 0.29) is 40.6 Å². The minimum absolute atomic E-state index is 0.0212. The van der Waals surface area contributed by atoms with Crippen LogP contribution in [0, 0.1) is 17.6 Å². The molecule has 1 aromatic carbocycles. The summed E-state index contributed by atoms with van der Waals surface area (Å²) in [5.41, 5.74) is 6.35. The van der Waals surface area contributed by atoms with Gasteiger partial charge in [-0.3, -0.25) is 9.36 Å². The molecule has 2 fully saturated rings. The lowest BCUT2D eigenvalue weighted by molar-refractivity contribution is -0.122. The Kier molecular flexibility index (Phi) is 6.70. The van der Waals surface area contributed by atoms with Crippen LogP contribution in [0.15, 0.2) is 18.3 Å². The van der Waals surface area contributed by atoms with Crippen molar-refractivity contribution in [2.45, 2.75) is 50.6 Å². The third-order valence-corrected chi connectivity index (χ3v) is 7.05. The molecule has 1 saturated carbocycles. The van der Waals surface area contributed by atoms with E-state index in [0.717, 1.165) is 18.9 Å². The second kappa shape index (κ2) is 9.90. The highest BCUT2D eigenvalue weighted by molar-refractivity contribution is 6.33. The standard InChI is InChI=1S/C23H26ClF2N7O2/c24-15-5-6-16(25)18(26)19(15)31-23-30-17-11-28-22(29-13-7-9-35-10-8-13)32-21(17)33(23)14-3-1-12(2-4-14)20(27)34/h5-6,11-14H,1-4,7-10H2,(H2,27,34)(H,30,31)(H,28,29,32)/t12-,14+. The van der Waals surface area contributed by atoms with Gasteiger partial charge in [-0.05, 0) is 50.7 Å². The number of nitrogens with one attached hydrogen (secondary N) is 2. The lowest BCUT2D eigenvalue weighted by Crippen LogP contribution is -2.29. The normalized spacial score (nSPS) is 21.2. The average Bonchev–Trinajstić information content (AvgIpc) is 3.22. The summed E-state index contributed by atoms with van der Waals surface area (Å²) in [5.74, 6) is -1.89. The van der Waals surface area contributed by atoms with Crippen molar-refractivity contribution in [3.63, 3.8) is 0 Å². The first-order valence-corrected chi connectivity index (χ1v) is 12.1. The quantitative estimate of drug-likeness (QED) is 0.427. The molecule has 186 valence electrons. The summed E-state index contributed by atoms with van der Waals surface area (Å²) in [6.07, 6.45) is 5.84. The fourth-order valence-corrected chi connectivity index (χ4v) is 4.98. The Morgan fingerprint density at radius 3 is 2.57 bits per heavy atom. The first kappa shape index (κ1) is 23.7. The molecule has 35 heavy (non-hydrogen) atoms. The number of aromatic nitrogens is 4. The van der Waals surface area contributed by atoms with Gasteiger partial charge < -0.3 is 21.1 Å². The van der Waals surface area contributed by atoms with Crippen molar-refractivity contribution in [3.8, 4) is 0 Å². The van der Waals surface area contributed by atoms with Gasteiger partial charge in [0, 0.05) is 31.2 Å². The summed E-state index contributed by atoms with van der Waals surface area (Å²) in [7, 11) is 0. The van der Waals surface area contributed by atoms with E-state index in [0.29, 0.717) is 56.0 Å². The third-order valence-electron chi connectivity index (χ3n) is 6.73. The van der Waals surface area contributed by atoms with Gasteiger partial charge in [0.15, 0.2) is 17.3 Å². The van der Waals surface area contributed by atoms with Crippen molar-refractivity contribution < 1.29 is 18.3 Å². The highest BCUT2D eigenvalue weighted by Gasteiger charge is 2.30. The Labute approximate surface area is 205 Å². The minimum atomic E-state index is -1.10. The lowest BCUT2D eigenvalue weighted by Gasteiger charge is -2.29. The van der Waals surface area contributed by atoms with Gasteiger partial charge in [0.2, 0.25) is 17.8 Å². The van der Waals surface area contributed by atoms with Gasteiger partial charge in [-0.25, -0.2) is 18.7 Å². The molecule has 4 N–H and O–H groups in total. The van der Waals surface area contributed by atoms with Crippen LogP contribution in [0.25, 0.3) is 11.2 Å². The number of nitrogens with two attached hydrogens (primary N) is 1. The molecule has 12 heteroatoms. The van der Waals surface area contributed by atoms with Crippen molar-refractivity contribution >= 4 is 46.3 Å². The Morgan fingerprint density at radius 1 is 1.11 bits per heavy atom.